The van der Waals surface area contributed by atoms with Crippen molar-refractivity contribution in [2.45, 2.75) is 22.8 Å². The molecule has 0 aliphatic carbocycles. The van der Waals surface area contributed by atoms with Gasteiger partial charge < -0.3 is 10.6 Å². The van der Waals surface area contributed by atoms with E-state index in [9.17, 15) is 4.79 Å². The fourth-order valence-corrected chi connectivity index (χ4v) is 3.47. The molecule has 0 spiro atoms. The normalized spacial score (nSPS) is 16.7. The summed E-state index contributed by atoms with van der Waals surface area (Å²) in [6.45, 7) is 2.77. The Kier molecular flexibility index (Phi) is 4.33. The first-order valence-corrected chi connectivity index (χ1v) is 8.40. The summed E-state index contributed by atoms with van der Waals surface area (Å²) in [5, 5.41) is 6.15. The van der Waals surface area contributed by atoms with Crippen LogP contribution in [-0.4, -0.2) is 12.5 Å². The maximum absolute atomic E-state index is 11.9. The lowest BCUT2D eigenvalue weighted by atomic mass is 10.1. The molecule has 0 aromatic heterocycles. The van der Waals surface area contributed by atoms with E-state index in [0.717, 1.165) is 27.2 Å². The average Bonchev–Trinajstić information content (AvgIpc) is 2.78. The second-order valence-corrected chi connectivity index (χ2v) is 6.85. The van der Waals surface area contributed by atoms with E-state index >= 15 is 0 Å². The highest BCUT2D eigenvalue weighted by Gasteiger charge is 2.29. The third-order valence-corrected chi connectivity index (χ3v) is 4.84. The minimum Gasteiger partial charge on any atom is -0.324 e. The monoisotopic (exact) mass is 362 g/mol. The summed E-state index contributed by atoms with van der Waals surface area (Å²) < 4.78 is 1.07. The molecule has 2 N–H and O–H groups in total. The van der Waals surface area contributed by atoms with Gasteiger partial charge in [0.15, 0.2) is 0 Å². The summed E-state index contributed by atoms with van der Waals surface area (Å²) in [6, 6.07) is 14.1. The van der Waals surface area contributed by atoms with Gasteiger partial charge in [0.1, 0.15) is 6.04 Å². The number of halogens is 1. The first-order chi connectivity index (χ1) is 10.2. The van der Waals surface area contributed by atoms with Crippen LogP contribution in [0.25, 0.3) is 0 Å². The molecular formula is C16H15BrN2OS. The van der Waals surface area contributed by atoms with E-state index < -0.39 is 0 Å². The number of carbonyl (C=O) groups is 1. The number of rotatable bonds is 4. The lowest BCUT2D eigenvalue weighted by Gasteiger charge is -2.09. The van der Waals surface area contributed by atoms with Gasteiger partial charge in [-0.2, -0.15) is 0 Å². The fourth-order valence-electron chi connectivity index (χ4n) is 2.35. The van der Waals surface area contributed by atoms with E-state index in [2.05, 4.69) is 44.8 Å². The van der Waals surface area contributed by atoms with E-state index in [1.54, 1.807) is 11.8 Å². The van der Waals surface area contributed by atoms with Crippen molar-refractivity contribution in [2.24, 2.45) is 0 Å². The highest BCUT2D eigenvalue weighted by molar-refractivity contribution is 9.10. The van der Waals surface area contributed by atoms with Gasteiger partial charge in [0.25, 0.3) is 0 Å². The van der Waals surface area contributed by atoms with Crippen molar-refractivity contribution in [1.82, 2.24) is 5.32 Å². The smallest absolute Gasteiger partial charge is 0.246 e. The Labute approximate surface area is 136 Å². The fraction of sp³-hybridized carbons (Fsp3) is 0.188. The number of benzene rings is 2. The van der Waals surface area contributed by atoms with Gasteiger partial charge in [-0.25, -0.2) is 0 Å². The number of hydrogen-bond donors (Lipinski definition) is 2. The Bertz CT molecular complexity index is 672. The van der Waals surface area contributed by atoms with E-state index in [1.165, 1.54) is 4.90 Å². The lowest BCUT2D eigenvalue weighted by Crippen LogP contribution is -2.27. The second-order valence-electron chi connectivity index (χ2n) is 4.78. The van der Waals surface area contributed by atoms with E-state index in [0.29, 0.717) is 0 Å². The van der Waals surface area contributed by atoms with Crippen molar-refractivity contribution in [2.75, 3.05) is 11.9 Å². The summed E-state index contributed by atoms with van der Waals surface area (Å²) in [5.74, 6) is 0.0256. The minimum absolute atomic E-state index is 0.0256. The predicted octanol–water partition coefficient (Wildman–Crippen LogP) is 4.20. The van der Waals surface area contributed by atoms with Gasteiger partial charge >= 0.3 is 0 Å². The van der Waals surface area contributed by atoms with Gasteiger partial charge in [0, 0.05) is 25.5 Å². The number of likely N-dealkylation sites (N-methyl/N-ethyl adjacent to an activating group) is 1. The molecule has 2 aromatic rings. The van der Waals surface area contributed by atoms with Gasteiger partial charge in [-0.05, 0) is 42.9 Å². The number of nitrogens with one attached hydrogen (secondary N) is 2. The molecule has 3 nitrogen and oxygen atoms in total. The van der Waals surface area contributed by atoms with Crippen LogP contribution in [0.15, 0.2) is 56.7 Å². The summed E-state index contributed by atoms with van der Waals surface area (Å²) in [7, 11) is 0. The summed E-state index contributed by atoms with van der Waals surface area (Å²) in [4.78, 5) is 14.2. The van der Waals surface area contributed by atoms with Crippen molar-refractivity contribution in [3.05, 3.63) is 52.5 Å². The molecule has 1 amide bonds. The maximum Gasteiger partial charge on any atom is 0.246 e. The average molecular weight is 363 g/mol. The van der Waals surface area contributed by atoms with Gasteiger partial charge in [0.2, 0.25) is 5.91 Å². The molecule has 0 saturated carbocycles. The number of amides is 1. The summed E-state index contributed by atoms with van der Waals surface area (Å²) in [6.07, 6.45) is 0. The molecule has 3 rings (SSSR count). The van der Waals surface area contributed by atoms with Gasteiger partial charge in [0.05, 0.1) is 0 Å². The molecule has 0 bridgehead atoms. The zero-order valence-electron chi connectivity index (χ0n) is 11.5. The molecular weight excluding hydrogens is 348 g/mol. The van der Waals surface area contributed by atoms with E-state index in [-0.39, 0.29) is 11.9 Å². The Morgan fingerprint density at radius 3 is 2.62 bits per heavy atom. The molecule has 21 heavy (non-hydrogen) atoms. The number of carbonyl (C=O) groups excluding carboxylic acids is 1. The van der Waals surface area contributed by atoms with Crippen LogP contribution in [0, 0.1) is 0 Å². The first-order valence-electron chi connectivity index (χ1n) is 6.79. The number of fused-ring (bicyclic) bond motifs is 1. The SMILES string of the molecule is CCNC1C(=O)Nc2cc(Sc3ccc(Br)cc3)ccc21. The lowest BCUT2D eigenvalue weighted by molar-refractivity contribution is -0.117. The largest absolute Gasteiger partial charge is 0.324 e. The van der Waals surface area contributed by atoms with Crippen LogP contribution < -0.4 is 10.6 Å². The first kappa shape index (κ1) is 14.6. The topological polar surface area (TPSA) is 41.1 Å². The van der Waals surface area contributed by atoms with Gasteiger partial charge in [-0.15, -0.1) is 0 Å². The predicted molar refractivity (Wildman–Crippen MR) is 89.8 cm³/mol. The maximum atomic E-state index is 11.9. The Balaban J connectivity index is 1.82. The molecule has 1 unspecified atom stereocenters. The number of hydrogen-bond acceptors (Lipinski definition) is 3. The van der Waals surface area contributed by atoms with Crippen molar-refractivity contribution in [1.29, 1.82) is 0 Å². The third kappa shape index (κ3) is 3.15. The highest BCUT2D eigenvalue weighted by Crippen LogP contribution is 2.36. The van der Waals surface area contributed by atoms with Crippen LogP contribution in [0.3, 0.4) is 0 Å². The Hall–Kier alpha value is -1.30. The molecule has 0 radical (unpaired) electrons. The third-order valence-electron chi connectivity index (χ3n) is 3.31. The second kappa shape index (κ2) is 6.22. The molecule has 2 aromatic carbocycles. The molecule has 0 fully saturated rings. The van der Waals surface area contributed by atoms with Crippen molar-refractivity contribution in [3.63, 3.8) is 0 Å². The van der Waals surface area contributed by atoms with Crippen molar-refractivity contribution in [3.8, 4) is 0 Å². The van der Waals surface area contributed by atoms with Crippen molar-refractivity contribution >= 4 is 39.3 Å². The molecule has 1 heterocycles. The van der Waals surface area contributed by atoms with Gasteiger partial charge in [-0.1, -0.05) is 40.7 Å². The molecule has 5 heteroatoms. The molecule has 1 aliphatic rings. The van der Waals surface area contributed by atoms with Crippen LogP contribution in [-0.2, 0) is 4.79 Å². The van der Waals surface area contributed by atoms with Crippen LogP contribution in [0.1, 0.15) is 18.5 Å². The Morgan fingerprint density at radius 2 is 1.90 bits per heavy atom. The van der Waals surface area contributed by atoms with Crippen LogP contribution in [0.2, 0.25) is 0 Å². The van der Waals surface area contributed by atoms with E-state index in [4.69, 9.17) is 0 Å². The minimum atomic E-state index is -0.225. The van der Waals surface area contributed by atoms with Crippen molar-refractivity contribution < 1.29 is 4.79 Å². The highest BCUT2D eigenvalue weighted by atomic mass is 79.9. The van der Waals surface area contributed by atoms with Crippen LogP contribution in [0.4, 0.5) is 5.69 Å². The Morgan fingerprint density at radius 1 is 1.19 bits per heavy atom. The molecule has 1 atom stereocenters. The standard InChI is InChI=1S/C16H15BrN2OS/c1-2-18-15-13-8-7-12(9-14(13)19-16(15)20)21-11-5-3-10(17)4-6-11/h3-9,15,18H,2H2,1H3,(H,19,20). The van der Waals surface area contributed by atoms with Crippen LogP contribution >= 0.6 is 27.7 Å². The van der Waals surface area contributed by atoms with Gasteiger partial charge in [-0.3, -0.25) is 4.79 Å². The summed E-state index contributed by atoms with van der Waals surface area (Å²) >= 11 is 5.12. The number of anilines is 1. The quantitative estimate of drug-likeness (QED) is 0.855. The molecule has 0 saturated heterocycles. The molecule has 1 aliphatic heterocycles. The van der Waals surface area contributed by atoms with Crippen LogP contribution in [0.5, 0.6) is 0 Å². The molecule has 108 valence electrons. The van der Waals surface area contributed by atoms with E-state index in [1.807, 2.05) is 31.2 Å². The summed E-state index contributed by atoms with van der Waals surface area (Å²) in [5.41, 5.74) is 1.94. The zero-order chi connectivity index (χ0) is 14.8. The zero-order valence-corrected chi connectivity index (χ0v) is 13.9.